The zero-order valence-electron chi connectivity index (χ0n) is 2.25. The number of hydrogen-bond donors (Lipinski definition) is 3. The minimum Gasteiger partial charge on any atom is -0.486 e. The van der Waals surface area contributed by atoms with E-state index in [1.165, 1.54) is 5.37 Å². The van der Waals surface area contributed by atoms with E-state index < -0.39 is 9.62 Å². The molecule has 32 valence electrons. The highest BCUT2D eigenvalue weighted by Crippen LogP contribution is 1.71. The molecule has 0 spiro atoms. The van der Waals surface area contributed by atoms with Gasteiger partial charge in [0.15, 0.2) is 0 Å². The van der Waals surface area contributed by atoms with Crippen LogP contribution in [-0.4, -0.2) is 9.66 Å². The quantitative estimate of drug-likeness (QED) is 0.237. The summed E-state index contributed by atoms with van der Waals surface area (Å²) in [5, 5.41) is 9.05. The van der Waals surface area contributed by atoms with Crippen LogP contribution in [0.1, 0.15) is 0 Å². The van der Waals surface area contributed by atoms with Crippen LogP contribution in [0, 0.1) is 5.37 Å². The third kappa shape index (κ3) is 4.40. The van der Waals surface area contributed by atoms with Crippen LogP contribution < -0.4 is 0 Å². The van der Waals surface area contributed by atoms with Gasteiger partial charge in [-0.1, -0.05) is 0 Å². The maximum Gasteiger partial charge on any atom is -0.121 e. The van der Waals surface area contributed by atoms with Crippen molar-refractivity contribution in [2.24, 2.45) is 0 Å². The SMILES string of the molecule is OC#[S-](O)S. The number of rotatable bonds is 0. The predicted molar refractivity (Wildman–Crippen MR) is 24.8 cm³/mol. The lowest BCUT2D eigenvalue weighted by molar-refractivity contribution is 0.518. The lowest BCUT2D eigenvalue weighted by Gasteiger charge is -1.89. The third-order valence-corrected chi connectivity index (χ3v) is 0.490. The van der Waals surface area contributed by atoms with Gasteiger partial charge in [-0.05, 0) is 0 Å². The molecule has 0 aromatic carbocycles. The van der Waals surface area contributed by atoms with E-state index in [4.69, 9.17) is 9.66 Å². The van der Waals surface area contributed by atoms with Crippen molar-refractivity contribution in [3.63, 3.8) is 0 Å². The molecule has 0 fully saturated rings. The topological polar surface area (TPSA) is 40.5 Å². The smallest absolute Gasteiger partial charge is 0.121 e. The largest absolute Gasteiger partial charge is 0.486 e. The number of aliphatic hydroxyl groups is 1. The number of aliphatic hydroxyl groups excluding tert-OH is 1. The van der Waals surface area contributed by atoms with Crippen LogP contribution in [0.2, 0.25) is 0 Å². The molecule has 0 saturated heterocycles. The summed E-state index contributed by atoms with van der Waals surface area (Å²) in [6, 6.07) is 0. The van der Waals surface area contributed by atoms with Gasteiger partial charge in [-0.15, -0.1) is 5.37 Å². The summed E-state index contributed by atoms with van der Waals surface area (Å²) >= 11 is 3.32. The van der Waals surface area contributed by atoms with Crippen molar-refractivity contribution in [3.8, 4) is 5.37 Å². The Labute approximate surface area is 37.0 Å². The second-order valence-corrected chi connectivity index (χ2v) is 2.10. The molecule has 0 radical (unpaired) electrons. The van der Waals surface area contributed by atoms with Crippen molar-refractivity contribution in [1.82, 2.24) is 0 Å². The maximum atomic E-state index is 7.89. The summed E-state index contributed by atoms with van der Waals surface area (Å²) in [6.07, 6.45) is 0. The molecule has 0 rings (SSSR count). The predicted octanol–water partition coefficient (Wildman–Crippen LogP) is 0.212. The van der Waals surface area contributed by atoms with Crippen LogP contribution in [0.5, 0.6) is 0 Å². The first-order valence-electron chi connectivity index (χ1n) is 0.793. The lowest BCUT2D eigenvalue weighted by atomic mass is 11.8. The average molecular weight is 111 g/mol. The van der Waals surface area contributed by atoms with Gasteiger partial charge in [0, 0.05) is 0 Å². The maximum absolute atomic E-state index is 7.89. The van der Waals surface area contributed by atoms with Gasteiger partial charge >= 0.3 is 0 Å². The van der Waals surface area contributed by atoms with E-state index in [0.717, 1.165) is 0 Å². The summed E-state index contributed by atoms with van der Waals surface area (Å²) < 4.78 is 7.89. The summed E-state index contributed by atoms with van der Waals surface area (Å²) in [6.45, 7) is 0. The van der Waals surface area contributed by atoms with Gasteiger partial charge in [0.1, 0.15) is 0 Å². The van der Waals surface area contributed by atoms with Gasteiger partial charge < -0.3 is 9.66 Å². The first-order chi connectivity index (χ1) is 2.27. The van der Waals surface area contributed by atoms with Crippen molar-refractivity contribution < 1.29 is 9.66 Å². The molecule has 0 aliphatic rings. The Kier molecular flexibility index (Phi) is 2.84. The van der Waals surface area contributed by atoms with Crippen LogP contribution in [-0.2, 0) is 9.62 Å². The molecule has 0 aliphatic carbocycles. The molecule has 5 heavy (non-hydrogen) atoms. The molecular weight excluding hydrogens is 108 g/mol. The van der Waals surface area contributed by atoms with Gasteiger partial charge in [-0.25, -0.2) is 0 Å². The molecule has 0 heterocycles. The van der Waals surface area contributed by atoms with Crippen LogP contribution >= 0.6 is 11.7 Å². The fourth-order valence-corrected chi connectivity index (χ4v) is 0. The molecule has 0 aliphatic heterocycles. The Hall–Kier alpha value is 0.400. The highest BCUT2D eigenvalue weighted by atomic mass is 33.1. The van der Waals surface area contributed by atoms with Crippen molar-refractivity contribution in [2.75, 3.05) is 0 Å². The summed E-state index contributed by atoms with van der Waals surface area (Å²) in [7, 11) is -1.32. The fourth-order valence-electron chi connectivity index (χ4n) is 0. The van der Waals surface area contributed by atoms with Crippen LogP contribution in [0.4, 0.5) is 0 Å². The molecule has 0 bridgehead atoms. The first-order valence-corrected chi connectivity index (χ1v) is 3.03. The van der Waals surface area contributed by atoms with Gasteiger partial charge in [0.05, 0.1) is 0 Å². The summed E-state index contributed by atoms with van der Waals surface area (Å²) in [5.74, 6) is 0. The normalized spacial score (nSPS) is 8.00. The summed E-state index contributed by atoms with van der Waals surface area (Å²) in [5.41, 5.74) is 0. The Morgan fingerprint density at radius 2 is 2.00 bits per heavy atom. The molecule has 0 aromatic heterocycles. The fraction of sp³-hybridized carbons (Fsp3) is 0. The molecular formula is CH3O2S2-. The molecule has 0 saturated carbocycles. The van der Waals surface area contributed by atoms with Gasteiger partial charge in [0.2, 0.25) is 0 Å². The van der Waals surface area contributed by atoms with E-state index in [1.54, 1.807) is 0 Å². The average Bonchev–Trinajstić information content (AvgIpc) is 1.38. The van der Waals surface area contributed by atoms with E-state index in [0.29, 0.717) is 0 Å². The molecule has 2 N–H and O–H groups in total. The van der Waals surface area contributed by atoms with Crippen molar-refractivity contribution in [1.29, 1.82) is 0 Å². The molecule has 0 atom stereocenters. The molecule has 4 heteroatoms. The minimum atomic E-state index is -1.32. The Bertz CT molecular complexity index is 78.8. The highest BCUT2D eigenvalue weighted by Gasteiger charge is 1.32. The van der Waals surface area contributed by atoms with E-state index in [1.807, 2.05) is 0 Å². The third-order valence-electron chi connectivity index (χ3n) is 0.0816. The molecule has 0 unspecified atom stereocenters. The van der Waals surface area contributed by atoms with E-state index in [-0.39, 0.29) is 0 Å². The van der Waals surface area contributed by atoms with E-state index >= 15 is 0 Å². The lowest BCUT2D eigenvalue weighted by Crippen LogP contribution is -1.60. The van der Waals surface area contributed by atoms with E-state index in [9.17, 15) is 0 Å². The van der Waals surface area contributed by atoms with Crippen LogP contribution in [0.15, 0.2) is 0 Å². The monoisotopic (exact) mass is 111 g/mol. The van der Waals surface area contributed by atoms with Crippen molar-refractivity contribution >= 4 is 21.3 Å². The number of thiol groups is 1. The number of hydrogen-bond acceptors (Lipinski definition) is 4. The standard InChI is InChI=1S/CH3O2S2/c2-1-5(3)4/h2-4H/q-1. The Balaban J connectivity index is 3.42. The van der Waals surface area contributed by atoms with Gasteiger partial charge in [-0.3, -0.25) is 21.3 Å². The molecule has 2 nitrogen and oxygen atoms in total. The first kappa shape index (κ1) is 5.40. The zero-order chi connectivity index (χ0) is 4.28. The highest BCUT2D eigenvalue weighted by molar-refractivity contribution is 8.58. The zero-order valence-corrected chi connectivity index (χ0v) is 3.96. The minimum absolute atomic E-state index is 1.32. The van der Waals surface area contributed by atoms with Crippen LogP contribution in [0.3, 0.4) is 0 Å². The van der Waals surface area contributed by atoms with Crippen molar-refractivity contribution in [3.05, 3.63) is 0 Å². The Morgan fingerprint density at radius 3 is 2.00 bits per heavy atom. The molecule has 0 aromatic rings. The Morgan fingerprint density at radius 1 is 1.80 bits per heavy atom. The van der Waals surface area contributed by atoms with Crippen LogP contribution in [0.25, 0.3) is 0 Å². The van der Waals surface area contributed by atoms with Gasteiger partial charge in [-0.2, -0.15) is 0 Å². The van der Waals surface area contributed by atoms with Gasteiger partial charge in [0.25, 0.3) is 0 Å². The molecule has 0 amide bonds. The second-order valence-electron chi connectivity index (χ2n) is 0.356. The van der Waals surface area contributed by atoms with E-state index in [2.05, 4.69) is 11.7 Å². The van der Waals surface area contributed by atoms with Crippen molar-refractivity contribution in [2.45, 2.75) is 0 Å². The summed E-state index contributed by atoms with van der Waals surface area (Å²) in [4.78, 5) is 0. The second kappa shape index (κ2) is 2.63.